The number of allylic oxidation sites excluding steroid dienone is 15. The van der Waals surface area contributed by atoms with Crippen molar-refractivity contribution in [1.82, 2.24) is 4.98 Å². The largest absolute Gasteiger partial charge is 0.398 e. The zero-order valence-electron chi connectivity index (χ0n) is 30.1. The summed E-state index contributed by atoms with van der Waals surface area (Å²) >= 11 is 0. The Morgan fingerprint density at radius 2 is 1.21 bits per heavy atom. The first kappa shape index (κ1) is 33.9. The second kappa shape index (κ2) is 16.0. The molecule has 3 aliphatic rings. The fourth-order valence-corrected chi connectivity index (χ4v) is 7.21. The smallest absolute Gasteiger partial charge is 0.0715 e. The van der Waals surface area contributed by atoms with E-state index in [9.17, 15) is 0 Å². The Bertz CT molecular complexity index is 2360. The van der Waals surface area contributed by atoms with Crippen molar-refractivity contribution in [3.05, 3.63) is 216 Å². The van der Waals surface area contributed by atoms with Crippen LogP contribution in [-0.4, -0.2) is 4.98 Å². The van der Waals surface area contributed by atoms with E-state index in [2.05, 4.69) is 182 Å². The van der Waals surface area contributed by atoms with Gasteiger partial charge < -0.3 is 5.73 Å². The van der Waals surface area contributed by atoms with Gasteiger partial charge in [0.15, 0.2) is 0 Å². The molecule has 0 amide bonds. The van der Waals surface area contributed by atoms with Crippen molar-refractivity contribution in [2.24, 2.45) is 5.73 Å². The standard InChI is InChI=1S/C51H44N2/c52-49(42-17-10-11-18-42)34-47(28-25-37-23-26-40(27-24-37)38-13-4-1-5-14-38)45-21-12-22-46(33-45)48-35-50(43-19-8-3-9-20-43)53-51(36-48)44-31-29-41(30-32-44)39-15-6-2-7-16-39/h3-4,6,8-17,19-24,26-36H,1-2,5,7,18,25,52H2/b47-28+,49-34-. The third-order valence-corrected chi connectivity index (χ3v) is 10.2. The Morgan fingerprint density at radius 3 is 1.83 bits per heavy atom. The normalized spacial score (nSPS) is 15.7. The van der Waals surface area contributed by atoms with E-state index >= 15 is 0 Å². The number of benzene rings is 4. The maximum Gasteiger partial charge on any atom is 0.0715 e. The summed E-state index contributed by atoms with van der Waals surface area (Å²) in [6.07, 6.45) is 30.6. The Labute approximate surface area is 314 Å². The summed E-state index contributed by atoms with van der Waals surface area (Å²) in [5.41, 5.74) is 23.7. The van der Waals surface area contributed by atoms with Crippen LogP contribution in [0.25, 0.3) is 50.4 Å². The highest BCUT2D eigenvalue weighted by molar-refractivity contribution is 5.83. The van der Waals surface area contributed by atoms with Gasteiger partial charge in [-0.25, -0.2) is 4.98 Å². The first-order valence-electron chi connectivity index (χ1n) is 18.8. The van der Waals surface area contributed by atoms with Gasteiger partial charge in [0, 0.05) is 16.8 Å². The van der Waals surface area contributed by atoms with Crippen molar-refractivity contribution in [2.75, 3.05) is 0 Å². The minimum Gasteiger partial charge on any atom is -0.398 e. The second-order valence-electron chi connectivity index (χ2n) is 13.9. The Balaban J connectivity index is 1.15. The quantitative estimate of drug-likeness (QED) is 0.149. The van der Waals surface area contributed by atoms with Gasteiger partial charge >= 0.3 is 0 Å². The molecular weight excluding hydrogens is 641 g/mol. The van der Waals surface area contributed by atoms with Gasteiger partial charge in [-0.15, -0.1) is 0 Å². The average molecular weight is 685 g/mol. The maximum atomic E-state index is 6.75. The SMILES string of the molecule is N/C(=C\C(=C/Cc1ccc(C2=CCCC=C2)cc1)c1cccc(-c2cc(-c3ccccc3)nc(-c3ccc(C4=CCCC=C4)cc3)c2)c1)C1=CC=CC1. The van der Waals surface area contributed by atoms with Crippen molar-refractivity contribution < 1.29 is 0 Å². The van der Waals surface area contributed by atoms with E-state index in [1.165, 1.54) is 27.8 Å². The number of nitrogens with two attached hydrogens (primary N) is 1. The minimum atomic E-state index is 0.802. The predicted octanol–water partition coefficient (Wildman–Crippen LogP) is 12.9. The molecular formula is C51H44N2. The molecule has 1 heterocycles. The number of aromatic nitrogens is 1. The molecule has 4 aromatic carbocycles. The molecule has 0 fully saturated rings. The van der Waals surface area contributed by atoms with Gasteiger partial charge in [0.25, 0.3) is 0 Å². The highest BCUT2D eigenvalue weighted by Crippen LogP contribution is 2.33. The lowest BCUT2D eigenvalue weighted by Crippen LogP contribution is -2.01. The van der Waals surface area contributed by atoms with E-state index in [1.807, 2.05) is 0 Å². The predicted molar refractivity (Wildman–Crippen MR) is 225 cm³/mol. The molecule has 0 bridgehead atoms. The molecule has 0 radical (unpaired) electrons. The third kappa shape index (κ3) is 8.14. The van der Waals surface area contributed by atoms with Crippen LogP contribution in [0.15, 0.2) is 193 Å². The average Bonchev–Trinajstić information content (AvgIpc) is 3.79. The molecule has 2 N–H and O–H groups in total. The molecule has 258 valence electrons. The van der Waals surface area contributed by atoms with Crippen LogP contribution in [0.3, 0.4) is 0 Å². The molecule has 8 rings (SSSR count). The van der Waals surface area contributed by atoms with E-state index in [1.54, 1.807) is 0 Å². The molecule has 0 atom stereocenters. The molecule has 0 aliphatic heterocycles. The maximum absolute atomic E-state index is 6.75. The van der Waals surface area contributed by atoms with Crippen molar-refractivity contribution in [3.8, 4) is 33.6 Å². The van der Waals surface area contributed by atoms with Crippen LogP contribution in [0.2, 0.25) is 0 Å². The van der Waals surface area contributed by atoms with Crippen LogP contribution in [0, 0.1) is 0 Å². The van der Waals surface area contributed by atoms with Crippen molar-refractivity contribution in [3.63, 3.8) is 0 Å². The summed E-state index contributed by atoms with van der Waals surface area (Å²) in [5.74, 6) is 0. The van der Waals surface area contributed by atoms with E-state index < -0.39 is 0 Å². The topological polar surface area (TPSA) is 38.9 Å². The van der Waals surface area contributed by atoms with Gasteiger partial charge in [0.1, 0.15) is 0 Å². The summed E-state index contributed by atoms with van der Waals surface area (Å²) in [6, 6.07) is 41.6. The fraction of sp³-hybridized carbons (Fsp3) is 0.118. The van der Waals surface area contributed by atoms with E-state index in [4.69, 9.17) is 10.7 Å². The summed E-state index contributed by atoms with van der Waals surface area (Å²) in [6.45, 7) is 0. The Hall–Kier alpha value is -6.25. The Morgan fingerprint density at radius 1 is 0.585 bits per heavy atom. The molecule has 2 nitrogen and oxygen atoms in total. The lowest BCUT2D eigenvalue weighted by atomic mass is 9.94. The van der Waals surface area contributed by atoms with Crippen LogP contribution < -0.4 is 5.73 Å². The Kier molecular flexibility index (Phi) is 10.2. The van der Waals surface area contributed by atoms with Gasteiger partial charge in [-0.2, -0.15) is 0 Å². The number of pyridine rings is 1. The van der Waals surface area contributed by atoms with E-state index in [-0.39, 0.29) is 0 Å². The van der Waals surface area contributed by atoms with Crippen LogP contribution in [0.4, 0.5) is 0 Å². The molecule has 0 unspecified atom stereocenters. The zero-order valence-corrected chi connectivity index (χ0v) is 30.1. The number of nitrogens with zero attached hydrogens (tertiary/aromatic N) is 1. The summed E-state index contributed by atoms with van der Waals surface area (Å²) in [5, 5.41) is 0. The molecule has 5 aromatic rings. The van der Waals surface area contributed by atoms with Crippen LogP contribution in [0.1, 0.15) is 54.4 Å². The van der Waals surface area contributed by atoms with Crippen LogP contribution >= 0.6 is 0 Å². The lowest BCUT2D eigenvalue weighted by Gasteiger charge is -2.13. The monoisotopic (exact) mass is 684 g/mol. The van der Waals surface area contributed by atoms with Crippen molar-refractivity contribution in [2.45, 2.75) is 38.5 Å². The van der Waals surface area contributed by atoms with Crippen LogP contribution in [0.5, 0.6) is 0 Å². The molecule has 3 aliphatic carbocycles. The van der Waals surface area contributed by atoms with E-state index in [0.29, 0.717) is 0 Å². The van der Waals surface area contributed by atoms with Gasteiger partial charge in [-0.1, -0.05) is 158 Å². The molecule has 1 aromatic heterocycles. The van der Waals surface area contributed by atoms with Crippen molar-refractivity contribution >= 4 is 16.7 Å². The summed E-state index contributed by atoms with van der Waals surface area (Å²) in [7, 11) is 0. The number of rotatable bonds is 10. The number of hydrogen-bond acceptors (Lipinski definition) is 2. The molecule has 53 heavy (non-hydrogen) atoms. The molecule has 2 heteroatoms. The first-order valence-corrected chi connectivity index (χ1v) is 18.8. The van der Waals surface area contributed by atoms with Crippen molar-refractivity contribution in [1.29, 1.82) is 0 Å². The second-order valence-corrected chi connectivity index (χ2v) is 13.9. The lowest BCUT2D eigenvalue weighted by molar-refractivity contribution is 1.04. The minimum absolute atomic E-state index is 0.802. The molecule has 0 saturated heterocycles. The fourth-order valence-electron chi connectivity index (χ4n) is 7.21. The molecule has 0 saturated carbocycles. The summed E-state index contributed by atoms with van der Waals surface area (Å²) < 4.78 is 0. The highest BCUT2D eigenvalue weighted by atomic mass is 14.7. The highest BCUT2D eigenvalue weighted by Gasteiger charge is 2.12. The van der Waals surface area contributed by atoms with Crippen LogP contribution in [-0.2, 0) is 6.42 Å². The zero-order chi connectivity index (χ0) is 35.8. The third-order valence-electron chi connectivity index (χ3n) is 10.2. The first-order chi connectivity index (χ1) is 26.2. The number of hydrogen-bond donors (Lipinski definition) is 1. The van der Waals surface area contributed by atoms with E-state index in [0.717, 1.165) is 94.6 Å². The van der Waals surface area contributed by atoms with Gasteiger partial charge in [-0.3, -0.25) is 0 Å². The van der Waals surface area contributed by atoms with Gasteiger partial charge in [-0.05, 0) is 118 Å². The van der Waals surface area contributed by atoms with Gasteiger partial charge in [0.05, 0.1) is 11.4 Å². The summed E-state index contributed by atoms with van der Waals surface area (Å²) in [4.78, 5) is 5.20. The molecule has 0 spiro atoms. The van der Waals surface area contributed by atoms with Gasteiger partial charge in [0.2, 0.25) is 0 Å².